The van der Waals surface area contributed by atoms with Gasteiger partial charge < -0.3 is 15.8 Å². The Morgan fingerprint density at radius 2 is 1.84 bits per heavy atom. The summed E-state index contributed by atoms with van der Waals surface area (Å²) in [5.74, 6) is 1.17. The smallest absolute Gasteiger partial charge is 0.387 e. The van der Waals surface area contributed by atoms with Crippen LogP contribution in [0.25, 0.3) is 0 Å². The zero-order valence-electron chi connectivity index (χ0n) is 11.4. The second-order valence-electron chi connectivity index (χ2n) is 4.89. The van der Waals surface area contributed by atoms with E-state index < -0.39 is 6.61 Å². The van der Waals surface area contributed by atoms with Gasteiger partial charge in [0.1, 0.15) is 5.75 Å². The molecule has 0 aromatic heterocycles. The number of alkyl halides is 2. The fraction of sp³-hybridized carbons (Fsp3) is 0.571. The SMILES string of the molecule is CC(C)C(CN)CNCc1ccc(OC(F)F)cc1. The van der Waals surface area contributed by atoms with Crippen LogP contribution in [0.3, 0.4) is 0 Å². The van der Waals surface area contributed by atoms with Gasteiger partial charge in [-0.15, -0.1) is 0 Å². The Bertz CT molecular complexity index is 355. The van der Waals surface area contributed by atoms with E-state index in [4.69, 9.17) is 5.73 Å². The molecule has 0 radical (unpaired) electrons. The van der Waals surface area contributed by atoms with Crippen LogP contribution in [-0.4, -0.2) is 19.7 Å². The maximum absolute atomic E-state index is 12.0. The molecule has 1 unspecified atom stereocenters. The molecule has 19 heavy (non-hydrogen) atoms. The molecule has 3 nitrogen and oxygen atoms in total. The van der Waals surface area contributed by atoms with Gasteiger partial charge in [0.2, 0.25) is 0 Å². The van der Waals surface area contributed by atoms with Crippen molar-refractivity contribution in [1.82, 2.24) is 5.32 Å². The molecule has 1 aromatic rings. The number of nitrogens with one attached hydrogen (secondary N) is 1. The van der Waals surface area contributed by atoms with E-state index in [1.54, 1.807) is 24.3 Å². The lowest BCUT2D eigenvalue weighted by Crippen LogP contribution is -2.31. The van der Waals surface area contributed by atoms with E-state index in [9.17, 15) is 8.78 Å². The standard InChI is InChI=1S/C14H22F2N2O/c1-10(2)12(7-17)9-18-8-11-3-5-13(6-4-11)19-14(15)16/h3-6,10,12,14,18H,7-9,17H2,1-2H3. The summed E-state index contributed by atoms with van der Waals surface area (Å²) in [4.78, 5) is 0. The van der Waals surface area contributed by atoms with Crippen LogP contribution in [-0.2, 0) is 6.54 Å². The monoisotopic (exact) mass is 272 g/mol. The van der Waals surface area contributed by atoms with Gasteiger partial charge in [-0.3, -0.25) is 0 Å². The number of rotatable bonds is 8. The third kappa shape index (κ3) is 5.98. The third-order valence-corrected chi connectivity index (χ3v) is 3.13. The van der Waals surface area contributed by atoms with Crippen molar-refractivity contribution in [3.05, 3.63) is 29.8 Å². The van der Waals surface area contributed by atoms with Gasteiger partial charge in [0.15, 0.2) is 0 Å². The van der Waals surface area contributed by atoms with Crippen LogP contribution in [0.5, 0.6) is 5.75 Å². The highest BCUT2D eigenvalue weighted by atomic mass is 19.3. The first-order chi connectivity index (χ1) is 9.02. The fourth-order valence-electron chi connectivity index (χ4n) is 1.78. The van der Waals surface area contributed by atoms with Crippen molar-refractivity contribution in [2.45, 2.75) is 27.0 Å². The molecule has 5 heteroatoms. The molecule has 0 fully saturated rings. The summed E-state index contributed by atoms with van der Waals surface area (Å²) in [5, 5.41) is 3.33. The normalized spacial score (nSPS) is 13.0. The molecular formula is C14H22F2N2O. The fourth-order valence-corrected chi connectivity index (χ4v) is 1.78. The molecule has 1 rings (SSSR count). The molecule has 0 spiro atoms. The van der Waals surface area contributed by atoms with Crippen LogP contribution in [0, 0.1) is 11.8 Å². The van der Waals surface area contributed by atoms with Crippen molar-refractivity contribution in [2.24, 2.45) is 17.6 Å². The van der Waals surface area contributed by atoms with Gasteiger partial charge in [-0.25, -0.2) is 0 Å². The quantitative estimate of drug-likeness (QED) is 0.764. The van der Waals surface area contributed by atoms with Crippen molar-refractivity contribution >= 4 is 0 Å². The Hall–Kier alpha value is -1.20. The summed E-state index contributed by atoms with van der Waals surface area (Å²) in [6.45, 7) is 3.72. The van der Waals surface area contributed by atoms with Crippen LogP contribution in [0.2, 0.25) is 0 Å². The molecule has 0 saturated heterocycles. The first-order valence-corrected chi connectivity index (χ1v) is 6.47. The lowest BCUT2D eigenvalue weighted by molar-refractivity contribution is -0.0498. The topological polar surface area (TPSA) is 47.3 Å². The lowest BCUT2D eigenvalue weighted by atomic mass is 9.96. The average molecular weight is 272 g/mol. The van der Waals surface area contributed by atoms with E-state index in [0.717, 1.165) is 12.1 Å². The number of hydrogen-bond acceptors (Lipinski definition) is 3. The van der Waals surface area contributed by atoms with Crippen LogP contribution >= 0.6 is 0 Å². The minimum absolute atomic E-state index is 0.181. The van der Waals surface area contributed by atoms with E-state index in [2.05, 4.69) is 23.9 Å². The van der Waals surface area contributed by atoms with Gasteiger partial charge in [0.25, 0.3) is 0 Å². The molecule has 0 heterocycles. The molecule has 0 bridgehead atoms. The molecule has 108 valence electrons. The van der Waals surface area contributed by atoms with Crippen LogP contribution in [0.1, 0.15) is 19.4 Å². The zero-order chi connectivity index (χ0) is 14.3. The molecule has 1 aromatic carbocycles. The highest BCUT2D eigenvalue weighted by Gasteiger charge is 2.10. The molecule has 1 atom stereocenters. The van der Waals surface area contributed by atoms with E-state index in [1.165, 1.54) is 0 Å². The largest absolute Gasteiger partial charge is 0.435 e. The highest BCUT2D eigenvalue weighted by molar-refractivity contribution is 5.27. The van der Waals surface area contributed by atoms with Crippen molar-refractivity contribution in [1.29, 1.82) is 0 Å². The van der Waals surface area contributed by atoms with Gasteiger partial charge in [0, 0.05) is 6.54 Å². The average Bonchev–Trinajstić information content (AvgIpc) is 2.35. The number of hydrogen-bond donors (Lipinski definition) is 2. The van der Waals surface area contributed by atoms with E-state index in [0.29, 0.717) is 24.9 Å². The summed E-state index contributed by atoms with van der Waals surface area (Å²) >= 11 is 0. The molecular weight excluding hydrogens is 250 g/mol. The number of nitrogens with two attached hydrogens (primary N) is 1. The van der Waals surface area contributed by atoms with Crippen molar-refractivity contribution in [3.8, 4) is 5.75 Å². The Labute approximate surface area is 113 Å². The van der Waals surface area contributed by atoms with Gasteiger partial charge in [-0.2, -0.15) is 8.78 Å². The predicted molar refractivity (Wildman–Crippen MR) is 72.2 cm³/mol. The molecule has 0 aliphatic heterocycles. The van der Waals surface area contributed by atoms with E-state index in [1.807, 2.05) is 0 Å². The molecule has 3 N–H and O–H groups in total. The predicted octanol–water partition coefficient (Wildman–Crippen LogP) is 2.61. The van der Waals surface area contributed by atoms with Gasteiger partial charge in [-0.05, 0) is 42.6 Å². The second-order valence-corrected chi connectivity index (χ2v) is 4.89. The van der Waals surface area contributed by atoms with Crippen LogP contribution in [0.4, 0.5) is 8.78 Å². The zero-order valence-corrected chi connectivity index (χ0v) is 11.4. The van der Waals surface area contributed by atoms with Crippen molar-refractivity contribution < 1.29 is 13.5 Å². The Kier molecular flexibility index (Phi) is 6.73. The third-order valence-electron chi connectivity index (χ3n) is 3.13. The molecule has 0 amide bonds. The molecule has 0 aliphatic rings. The first kappa shape index (κ1) is 15.9. The van der Waals surface area contributed by atoms with Crippen LogP contribution < -0.4 is 15.8 Å². The summed E-state index contributed by atoms with van der Waals surface area (Å²) in [7, 11) is 0. The maximum Gasteiger partial charge on any atom is 0.387 e. The Morgan fingerprint density at radius 1 is 1.21 bits per heavy atom. The van der Waals surface area contributed by atoms with Gasteiger partial charge >= 0.3 is 6.61 Å². The Balaban J connectivity index is 2.37. The van der Waals surface area contributed by atoms with Gasteiger partial charge in [0.05, 0.1) is 0 Å². The molecule has 0 aliphatic carbocycles. The summed E-state index contributed by atoms with van der Waals surface area (Å²) in [5.41, 5.74) is 6.72. The molecule has 0 saturated carbocycles. The van der Waals surface area contributed by atoms with Crippen LogP contribution in [0.15, 0.2) is 24.3 Å². The lowest BCUT2D eigenvalue weighted by Gasteiger charge is -2.19. The van der Waals surface area contributed by atoms with E-state index >= 15 is 0 Å². The summed E-state index contributed by atoms with van der Waals surface area (Å²) in [6, 6.07) is 6.65. The van der Waals surface area contributed by atoms with E-state index in [-0.39, 0.29) is 5.75 Å². The summed E-state index contributed by atoms with van der Waals surface area (Å²) in [6.07, 6.45) is 0. The Morgan fingerprint density at radius 3 is 2.32 bits per heavy atom. The van der Waals surface area contributed by atoms with Crippen molar-refractivity contribution in [2.75, 3.05) is 13.1 Å². The van der Waals surface area contributed by atoms with Gasteiger partial charge in [-0.1, -0.05) is 26.0 Å². The minimum Gasteiger partial charge on any atom is -0.435 e. The second kappa shape index (κ2) is 8.07. The minimum atomic E-state index is -2.78. The first-order valence-electron chi connectivity index (χ1n) is 6.47. The summed E-state index contributed by atoms with van der Waals surface area (Å²) < 4.78 is 28.3. The number of benzene rings is 1. The van der Waals surface area contributed by atoms with Crippen molar-refractivity contribution in [3.63, 3.8) is 0 Å². The maximum atomic E-state index is 12.0. The number of ether oxygens (including phenoxy) is 1. The highest BCUT2D eigenvalue weighted by Crippen LogP contribution is 2.15. The number of halogens is 2.